The predicted octanol–water partition coefficient (Wildman–Crippen LogP) is 3.34. The summed E-state index contributed by atoms with van der Waals surface area (Å²) in [6, 6.07) is 13.3. The second kappa shape index (κ2) is 6.33. The van der Waals surface area contributed by atoms with Gasteiger partial charge in [-0.2, -0.15) is 5.10 Å². The molecule has 0 radical (unpaired) electrons. The van der Waals surface area contributed by atoms with Crippen molar-refractivity contribution < 1.29 is 9.72 Å². The first-order valence-electron chi connectivity index (χ1n) is 7.21. The van der Waals surface area contributed by atoms with E-state index in [1.807, 2.05) is 12.3 Å². The fourth-order valence-electron chi connectivity index (χ4n) is 2.34. The molecule has 120 valence electrons. The van der Waals surface area contributed by atoms with Gasteiger partial charge >= 0.3 is 0 Å². The fourth-order valence-corrected chi connectivity index (χ4v) is 2.34. The monoisotopic (exact) mass is 322 g/mol. The third-order valence-electron chi connectivity index (χ3n) is 3.65. The van der Waals surface area contributed by atoms with Crippen LogP contribution >= 0.6 is 0 Å². The Kier molecular flexibility index (Phi) is 4.07. The molecule has 2 aromatic carbocycles. The van der Waals surface area contributed by atoms with Gasteiger partial charge in [0.15, 0.2) is 0 Å². The summed E-state index contributed by atoms with van der Waals surface area (Å²) >= 11 is 0. The van der Waals surface area contributed by atoms with Crippen LogP contribution in [0.5, 0.6) is 0 Å². The standard InChI is InChI=1S/C17H14N4O3/c1-12-15(4-2-5-16(12)21(23)24)19-17(22)13-6-8-14(9-7-13)20-11-3-10-18-20/h2-11H,1H3,(H,19,22). The quantitative estimate of drug-likeness (QED) is 0.589. The van der Waals surface area contributed by atoms with Gasteiger partial charge in [-0.15, -0.1) is 0 Å². The molecule has 24 heavy (non-hydrogen) atoms. The lowest BCUT2D eigenvalue weighted by molar-refractivity contribution is -0.385. The summed E-state index contributed by atoms with van der Waals surface area (Å²) in [4.78, 5) is 22.8. The van der Waals surface area contributed by atoms with E-state index >= 15 is 0 Å². The first-order chi connectivity index (χ1) is 11.6. The number of hydrogen-bond acceptors (Lipinski definition) is 4. The molecule has 1 heterocycles. The van der Waals surface area contributed by atoms with Crippen molar-refractivity contribution in [1.82, 2.24) is 9.78 Å². The van der Waals surface area contributed by atoms with E-state index in [9.17, 15) is 14.9 Å². The molecule has 7 nitrogen and oxygen atoms in total. The zero-order chi connectivity index (χ0) is 17.1. The molecule has 0 spiro atoms. The molecule has 0 aliphatic heterocycles. The van der Waals surface area contributed by atoms with E-state index in [0.717, 1.165) is 5.69 Å². The summed E-state index contributed by atoms with van der Waals surface area (Å²) in [5, 5.41) is 17.8. The summed E-state index contributed by atoms with van der Waals surface area (Å²) < 4.78 is 1.69. The Morgan fingerprint density at radius 1 is 1.17 bits per heavy atom. The molecule has 0 saturated carbocycles. The average molecular weight is 322 g/mol. The first kappa shape index (κ1) is 15.4. The average Bonchev–Trinajstić information content (AvgIpc) is 3.11. The van der Waals surface area contributed by atoms with Crippen molar-refractivity contribution >= 4 is 17.3 Å². The van der Waals surface area contributed by atoms with Crippen LogP contribution < -0.4 is 5.32 Å². The number of amides is 1. The molecule has 1 amide bonds. The molecule has 0 fully saturated rings. The largest absolute Gasteiger partial charge is 0.321 e. The molecule has 0 saturated heterocycles. The van der Waals surface area contributed by atoms with Crippen LogP contribution in [0.4, 0.5) is 11.4 Å². The third-order valence-corrected chi connectivity index (χ3v) is 3.65. The highest BCUT2D eigenvalue weighted by Gasteiger charge is 2.15. The topological polar surface area (TPSA) is 90.1 Å². The van der Waals surface area contributed by atoms with Crippen LogP contribution in [-0.4, -0.2) is 20.6 Å². The first-order valence-corrected chi connectivity index (χ1v) is 7.21. The number of rotatable bonds is 4. The lowest BCUT2D eigenvalue weighted by atomic mass is 10.1. The van der Waals surface area contributed by atoms with Crippen molar-refractivity contribution in [3.05, 3.63) is 82.2 Å². The number of nitro benzene ring substituents is 1. The molecule has 0 aliphatic rings. The molecular weight excluding hydrogens is 308 g/mol. The Bertz CT molecular complexity index is 887. The van der Waals surface area contributed by atoms with Crippen LogP contribution in [0.2, 0.25) is 0 Å². The van der Waals surface area contributed by atoms with Gasteiger partial charge in [-0.05, 0) is 43.3 Å². The Morgan fingerprint density at radius 2 is 1.92 bits per heavy atom. The zero-order valence-corrected chi connectivity index (χ0v) is 12.8. The van der Waals surface area contributed by atoms with Gasteiger partial charge in [-0.1, -0.05) is 6.07 Å². The van der Waals surface area contributed by atoms with E-state index in [-0.39, 0.29) is 11.6 Å². The van der Waals surface area contributed by atoms with E-state index in [1.54, 1.807) is 54.2 Å². The van der Waals surface area contributed by atoms with Crippen LogP contribution in [0.3, 0.4) is 0 Å². The minimum Gasteiger partial charge on any atom is -0.321 e. The van der Waals surface area contributed by atoms with Crippen molar-refractivity contribution in [3.63, 3.8) is 0 Å². The molecule has 7 heteroatoms. The minimum absolute atomic E-state index is 0.0261. The van der Waals surface area contributed by atoms with Crippen LogP contribution in [0.15, 0.2) is 60.9 Å². The highest BCUT2D eigenvalue weighted by molar-refractivity contribution is 6.05. The predicted molar refractivity (Wildman–Crippen MR) is 89.4 cm³/mol. The molecule has 3 rings (SSSR count). The molecular formula is C17H14N4O3. The minimum atomic E-state index is -0.468. The Labute approximate surface area is 137 Å². The Hall–Kier alpha value is -3.48. The van der Waals surface area contributed by atoms with Crippen molar-refractivity contribution in [2.75, 3.05) is 5.32 Å². The highest BCUT2D eigenvalue weighted by atomic mass is 16.6. The second-order valence-corrected chi connectivity index (χ2v) is 5.16. The molecule has 1 aromatic heterocycles. The molecule has 0 aliphatic carbocycles. The van der Waals surface area contributed by atoms with E-state index in [2.05, 4.69) is 10.4 Å². The second-order valence-electron chi connectivity index (χ2n) is 5.16. The zero-order valence-electron chi connectivity index (χ0n) is 12.8. The number of carbonyl (C=O) groups excluding carboxylic acids is 1. The van der Waals surface area contributed by atoms with Gasteiger partial charge in [0.2, 0.25) is 0 Å². The number of hydrogen-bond donors (Lipinski definition) is 1. The fraction of sp³-hybridized carbons (Fsp3) is 0.0588. The number of nitro groups is 1. The molecule has 3 aromatic rings. The van der Waals surface area contributed by atoms with E-state index in [0.29, 0.717) is 16.8 Å². The Balaban J connectivity index is 1.81. The van der Waals surface area contributed by atoms with Crippen LogP contribution in [0, 0.1) is 17.0 Å². The maximum Gasteiger partial charge on any atom is 0.274 e. The summed E-state index contributed by atoms with van der Waals surface area (Å²) in [5.41, 5.74) is 2.11. The number of anilines is 1. The molecule has 0 bridgehead atoms. The van der Waals surface area contributed by atoms with Gasteiger partial charge < -0.3 is 5.32 Å². The van der Waals surface area contributed by atoms with Gasteiger partial charge in [0.25, 0.3) is 11.6 Å². The van der Waals surface area contributed by atoms with Crippen LogP contribution in [0.1, 0.15) is 15.9 Å². The van der Waals surface area contributed by atoms with Crippen molar-refractivity contribution in [1.29, 1.82) is 0 Å². The molecule has 0 unspecified atom stereocenters. The number of nitrogens with one attached hydrogen (secondary N) is 1. The van der Waals surface area contributed by atoms with Gasteiger partial charge in [-0.3, -0.25) is 14.9 Å². The van der Waals surface area contributed by atoms with E-state index in [1.165, 1.54) is 6.07 Å². The summed E-state index contributed by atoms with van der Waals surface area (Å²) in [7, 11) is 0. The van der Waals surface area contributed by atoms with Crippen molar-refractivity contribution in [2.24, 2.45) is 0 Å². The number of nitrogens with zero attached hydrogens (tertiary/aromatic N) is 3. The van der Waals surface area contributed by atoms with Gasteiger partial charge in [0, 0.05) is 24.0 Å². The summed E-state index contributed by atoms with van der Waals surface area (Å²) in [6.07, 6.45) is 3.48. The SMILES string of the molecule is Cc1c(NC(=O)c2ccc(-n3cccn3)cc2)cccc1[N+](=O)[O-]. The lowest BCUT2D eigenvalue weighted by Gasteiger charge is -2.09. The molecule has 0 atom stereocenters. The smallest absolute Gasteiger partial charge is 0.274 e. The number of carbonyl (C=O) groups is 1. The lowest BCUT2D eigenvalue weighted by Crippen LogP contribution is -2.13. The van der Waals surface area contributed by atoms with Gasteiger partial charge in [-0.25, -0.2) is 4.68 Å². The van der Waals surface area contributed by atoms with Crippen molar-refractivity contribution in [2.45, 2.75) is 6.92 Å². The summed E-state index contributed by atoms with van der Waals surface area (Å²) in [5.74, 6) is -0.328. The third kappa shape index (κ3) is 3.00. The van der Waals surface area contributed by atoms with E-state index < -0.39 is 4.92 Å². The maximum atomic E-state index is 12.3. The summed E-state index contributed by atoms with van der Waals surface area (Å²) in [6.45, 7) is 1.61. The normalized spacial score (nSPS) is 10.4. The van der Waals surface area contributed by atoms with Crippen LogP contribution in [0.25, 0.3) is 5.69 Å². The maximum absolute atomic E-state index is 12.3. The number of benzene rings is 2. The van der Waals surface area contributed by atoms with Crippen LogP contribution in [-0.2, 0) is 0 Å². The molecule has 1 N–H and O–H groups in total. The highest BCUT2D eigenvalue weighted by Crippen LogP contribution is 2.25. The number of aromatic nitrogens is 2. The van der Waals surface area contributed by atoms with E-state index in [4.69, 9.17) is 0 Å². The van der Waals surface area contributed by atoms with Crippen molar-refractivity contribution in [3.8, 4) is 5.69 Å². The van der Waals surface area contributed by atoms with Gasteiger partial charge in [0.05, 0.1) is 21.9 Å². The van der Waals surface area contributed by atoms with Gasteiger partial charge in [0.1, 0.15) is 0 Å². The Morgan fingerprint density at radius 3 is 2.54 bits per heavy atom.